The van der Waals surface area contributed by atoms with Crippen LogP contribution in [0.5, 0.6) is 0 Å². The van der Waals surface area contributed by atoms with E-state index in [1.807, 2.05) is 6.92 Å². The molecule has 0 radical (unpaired) electrons. The summed E-state index contributed by atoms with van der Waals surface area (Å²) in [6.07, 6.45) is 10.7. The van der Waals surface area contributed by atoms with Gasteiger partial charge in [0.05, 0.1) is 6.10 Å². The Morgan fingerprint density at radius 1 is 1.16 bits per heavy atom. The lowest BCUT2D eigenvalue weighted by Gasteiger charge is -2.46. The molecule has 2 aliphatic rings. The summed E-state index contributed by atoms with van der Waals surface area (Å²) in [5.41, 5.74) is 0.627. The zero-order valence-corrected chi connectivity index (χ0v) is 13.5. The maximum Gasteiger partial charge on any atom is 0.0512 e. The standard InChI is InChI=1S/C18H34O/c1-13(7-5-9-15(3)19)16-10-11-17-14(2)8-6-12-18(16,17)4/h13-17,19H,5-12H2,1-4H3/t13-,14-,15+,16+,17-,18+/m0/s1. The van der Waals surface area contributed by atoms with E-state index in [4.69, 9.17) is 0 Å². The molecule has 6 atom stereocenters. The van der Waals surface area contributed by atoms with Gasteiger partial charge in [0.25, 0.3) is 0 Å². The number of hydrogen-bond donors (Lipinski definition) is 1. The Kier molecular flexibility index (Phi) is 4.98. The van der Waals surface area contributed by atoms with Gasteiger partial charge in [0.1, 0.15) is 0 Å². The third-order valence-electron chi connectivity index (χ3n) is 6.51. The van der Waals surface area contributed by atoms with Gasteiger partial charge in [0.15, 0.2) is 0 Å². The average molecular weight is 266 g/mol. The molecule has 0 saturated heterocycles. The highest BCUT2D eigenvalue weighted by Crippen LogP contribution is 2.59. The average Bonchev–Trinajstić information content (AvgIpc) is 2.67. The lowest BCUT2D eigenvalue weighted by molar-refractivity contribution is 0.0340. The van der Waals surface area contributed by atoms with Gasteiger partial charge in [-0.25, -0.2) is 0 Å². The van der Waals surface area contributed by atoms with Crippen LogP contribution in [0.15, 0.2) is 0 Å². The number of hydrogen-bond acceptors (Lipinski definition) is 1. The SMILES string of the molecule is C[C@@H](O)CCC[C@H](C)[C@H]1CC[C@H]2[C@@H](C)CCC[C@]12C. The monoisotopic (exact) mass is 266 g/mol. The van der Waals surface area contributed by atoms with Crippen molar-refractivity contribution in [3.63, 3.8) is 0 Å². The molecule has 0 spiro atoms. The summed E-state index contributed by atoms with van der Waals surface area (Å²) in [6.45, 7) is 9.47. The summed E-state index contributed by atoms with van der Waals surface area (Å²) in [7, 11) is 0. The van der Waals surface area contributed by atoms with Crippen LogP contribution in [0.25, 0.3) is 0 Å². The molecule has 1 N–H and O–H groups in total. The second-order valence-corrected chi connectivity index (χ2v) is 7.92. The smallest absolute Gasteiger partial charge is 0.0512 e. The van der Waals surface area contributed by atoms with Crippen LogP contribution < -0.4 is 0 Å². The summed E-state index contributed by atoms with van der Waals surface area (Å²) in [5.74, 6) is 3.73. The summed E-state index contributed by atoms with van der Waals surface area (Å²) in [4.78, 5) is 0. The molecule has 0 aromatic rings. The predicted molar refractivity (Wildman–Crippen MR) is 82.0 cm³/mol. The number of aliphatic hydroxyl groups excluding tert-OH is 1. The van der Waals surface area contributed by atoms with Crippen LogP contribution in [0, 0.1) is 29.1 Å². The van der Waals surface area contributed by atoms with Crippen molar-refractivity contribution in [2.75, 3.05) is 0 Å². The topological polar surface area (TPSA) is 20.2 Å². The predicted octanol–water partition coefficient (Wildman–Crippen LogP) is 5.03. The lowest BCUT2D eigenvalue weighted by atomic mass is 9.59. The van der Waals surface area contributed by atoms with Crippen molar-refractivity contribution in [2.45, 2.75) is 85.2 Å². The van der Waals surface area contributed by atoms with Crippen LogP contribution in [0.4, 0.5) is 0 Å². The van der Waals surface area contributed by atoms with Crippen LogP contribution in [-0.2, 0) is 0 Å². The van der Waals surface area contributed by atoms with Crippen molar-refractivity contribution in [3.05, 3.63) is 0 Å². The number of fused-ring (bicyclic) bond motifs is 1. The molecule has 112 valence electrons. The minimum atomic E-state index is -0.117. The molecule has 0 aliphatic heterocycles. The highest BCUT2D eigenvalue weighted by Gasteiger charge is 2.50. The van der Waals surface area contributed by atoms with E-state index in [0.717, 1.165) is 30.1 Å². The molecule has 0 heterocycles. The molecule has 0 unspecified atom stereocenters. The fraction of sp³-hybridized carbons (Fsp3) is 1.00. The van der Waals surface area contributed by atoms with E-state index >= 15 is 0 Å². The van der Waals surface area contributed by atoms with E-state index in [-0.39, 0.29) is 6.10 Å². The number of rotatable bonds is 5. The first-order valence-electron chi connectivity index (χ1n) is 8.63. The van der Waals surface area contributed by atoms with Crippen molar-refractivity contribution >= 4 is 0 Å². The second kappa shape index (κ2) is 6.16. The molecule has 0 aromatic heterocycles. The Hall–Kier alpha value is -0.0400. The van der Waals surface area contributed by atoms with Gasteiger partial charge in [0.2, 0.25) is 0 Å². The highest BCUT2D eigenvalue weighted by molar-refractivity contribution is 5.00. The third kappa shape index (κ3) is 3.17. The van der Waals surface area contributed by atoms with Crippen LogP contribution in [0.1, 0.15) is 79.1 Å². The van der Waals surface area contributed by atoms with Crippen LogP contribution in [0.2, 0.25) is 0 Å². The molecule has 2 saturated carbocycles. The third-order valence-corrected chi connectivity index (χ3v) is 6.51. The Bertz CT molecular complexity index is 285. The first-order valence-corrected chi connectivity index (χ1v) is 8.63. The van der Waals surface area contributed by atoms with Crippen molar-refractivity contribution in [3.8, 4) is 0 Å². The summed E-state index contributed by atoms with van der Waals surface area (Å²) < 4.78 is 0. The number of aliphatic hydroxyl groups is 1. The van der Waals surface area contributed by atoms with E-state index in [1.54, 1.807) is 0 Å². The maximum absolute atomic E-state index is 9.40. The molecule has 1 heteroatoms. The van der Waals surface area contributed by atoms with E-state index in [9.17, 15) is 5.11 Å². The molecule has 2 fully saturated rings. The zero-order chi connectivity index (χ0) is 14.0. The van der Waals surface area contributed by atoms with Gasteiger partial charge >= 0.3 is 0 Å². The molecule has 0 aromatic carbocycles. The molecule has 0 amide bonds. The largest absolute Gasteiger partial charge is 0.393 e. The Labute approximate surface area is 120 Å². The van der Waals surface area contributed by atoms with Crippen molar-refractivity contribution < 1.29 is 5.11 Å². The van der Waals surface area contributed by atoms with Gasteiger partial charge in [-0.05, 0) is 61.7 Å². The maximum atomic E-state index is 9.40. The fourth-order valence-corrected chi connectivity index (χ4v) is 5.48. The summed E-state index contributed by atoms with van der Waals surface area (Å²) in [6, 6.07) is 0. The molecule has 1 nitrogen and oxygen atoms in total. The van der Waals surface area contributed by atoms with E-state index in [0.29, 0.717) is 5.41 Å². The van der Waals surface area contributed by atoms with Crippen molar-refractivity contribution in [1.82, 2.24) is 0 Å². The van der Waals surface area contributed by atoms with Gasteiger partial charge in [-0.1, -0.05) is 46.5 Å². The van der Waals surface area contributed by atoms with Gasteiger partial charge < -0.3 is 5.11 Å². The first kappa shape index (κ1) is 15.4. The van der Waals surface area contributed by atoms with Crippen LogP contribution >= 0.6 is 0 Å². The summed E-state index contributed by atoms with van der Waals surface area (Å²) >= 11 is 0. The van der Waals surface area contributed by atoms with Crippen LogP contribution in [0.3, 0.4) is 0 Å². The highest BCUT2D eigenvalue weighted by atomic mass is 16.3. The Morgan fingerprint density at radius 3 is 2.58 bits per heavy atom. The normalized spacial score (nSPS) is 41.8. The fourth-order valence-electron chi connectivity index (χ4n) is 5.48. The lowest BCUT2D eigenvalue weighted by Crippen LogP contribution is -2.38. The van der Waals surface area contributed by atoms with Crippen molar-refractivity contribution in [2.24, 2.45) is 29.1 Å². The molecular formula is C18H34O. The van der Waals surface area contributed by atoms with Gasteiger partial charge in [0, 0.05) is 0 Å². The van der Waals surface area contributed by atoms with Gasteiger partial charge in [-0.15, -0.1) is 0 Å². The minimum absolute atomic E-state index is 0.117. The van der Waals surface area contributed by atoms with E-state index in [1.165, 1.54) is 44.9 Å². The minimum Gasteiger partial charge on any atom is -0.393 e. The molecule has 19 heavy (non-hydrogen) atoms. The zero-order valence-electron chi connectivity index (χ0n) is 13.5. The quantitative estimate of drug-likeness (QED) is 0.740. The van der Waals surface area contributed by atoms with E-state index < -0.39 is 0 Å². The molecule has 0 bridgehead atoms. The molecule has 2 rings (SSSR count). The van der Waals surface area contributed by atoms with Gasteiger partial charge in [-0.3, -0.25) is 0 Å². The Balaban J connectivity index is 1.93. The molecule has 2 aliphatic carbocycles. The van der Waals surface area contributed by atoms with Crippen molar-refractivity contribution in [1.29, 1.82) is 0 Å². The second-order valence-electron chi connectivity index (χ2n) is 7.92. The first-order chi connectivity index (χ1) is 8.95. The Morgan fingerprint density at radius 2 is 1.89 bits per heavy atom. The van der Waals surface area contributed by atoms with Crippen LogP contribution in [-0.4, -0.2) is 11.2 Å². The summed E-state index contributed by atoms with van der Waals surface area (Å²) in [5, 5.41) is 9.40. The molecular weight excluding hydrogens is 232 g/mol. The van der Waals surface area contributed by atoms with E-state index in [2.05, 4.69) is 20.8 Å². The van der Waals surface area contributed by atoms with Gasteiger partial charge in [-0.2, -0.15) is 0 Å².